The van der Waals surface area contributed by atoms with Crippen molar-refractivity contribution in [3.63, 3.8) is 0 Å². The summed E-state index contributed by atoms with van der Waals surface area (Å²) in [5, 5.41) is 5.23. The molecule has 0 bridgehead atoms. The minimum atomic E-state index is 0.743. The van der Waals surface area contributed by atoms with Crippen LogP contribution >= 0.6 is 27.3 Å². The van der Waals surface area contributed by atoms with E-state index in [4.69, 9.17) is 0 Å². The molecule has 2 aromatic rings. The summed E-state index contributed by atoms with van der Waals surface area (Å²) < 4.78 is 0.743. The molecular weight excluding hydrogens is 276 g/mol. The van der Waals surface area contributed by atoms with Crippen LogP contribution < -0.4 is 5.32 Å². The SMILES string of the molecule is Brc1cnc(NCCc2cscn2)cn1. The molecule has 0 atom stereocenters. The van der Waals surface area contributed by atoms with E-state index in [1.54, 1.807) is 23.7 Å². The van der Waals surface area contributed by atoms with Gasteiger partial charge in [0.25, 0.3) is 0 Å². The summed E-state index contributed by atoms with van der Waals surface area (Å²) in [6.07, 6.45) is 4.28. The lowest BCUT2D eigenvalue weighted by Gasteiger charge is -2.02. The molecular formula is C9H9BrN4S. The number of nitrogens with one attached hydrogen (secondary N) is 1. The molecule has 15 heavy (non-hydrogen) atoms. The lowest BCUT2D eigenvalue weighted by atomic mass is 10.3. The van der Waals surface area contributed by atoms with Crippen molar-refractivity contribution < 1.29 is 0 Å². The molecule has 0 amide bonds. The summed E-state index contributed by atoms with van der Waals surface area (Å²) in [6, 6.07) is 0. The molecule has 0 aromatic carbocycles. The van der Waals surface area contributed by atoms with Crippen LogP contribution in [-0.2, 0) is 6.42 Å². The van der Waals surface area contributed by atoms with E-state index in [1.807, 2.05) is 5.51 Å². The Balaban J connectivity index is 1.81. The zero-order valence-electron chi connectivity index (χ0n) is 7.85. The van der Waals surface area contributed by atoms with Crippen molar-refractivity contribution in [3.8, 4) is 0 Å². The standard InChI is InChI=1S/C9H9BrN4S/c10-8-3-13-9(4-12-8)11-2-1-7-5-15-6-14-7/h3-6H,1-2H2,(H,11,13). The summed E-state index contributed by atoms with van der Waals surface area (Å²) in [7, 11) is 0. The molecule has 0 fully saturated rings. The summed E-state index contributed by atoms with van der Waals surface area (Å²) in [5.74, 6) is 0.786. The highest BCUT2D eigenvalue weighted by atomic mass is 79.9. The highest BCUT2D eigenvalue weighted by molar-refractivity contribution is 9.10. The Bertz CT molecular complexity index is 401. The van der Waals surface area contributed by atoms with Gasteiger partial charge < -0.3 is 5.32 Å². The molecule has 4 nitrogen and oxygen atoms in total. The maximum absolute atomic E-state index is 4.20. The van der Waals surface area contributed by atoms with Gasteiger partial charge in [0.05, 0.1) is 23.6 Å². The Morgan fingerprint density at radius 3 is 2.87 bits per heavy atom. The van der Waals surface area contributed by atoms with Gasteiger partial charge in [-0.05, 0) is 15.9 Å². The van der Waals surface area contributed by atoms with E-state index in [1.165, 1.54) is 0 Å². The molecule has 2 aromatic heterocycles. The maximum atomic E-state index is 4.20. The second-order valence-electron chi connectivity index (χ2n) is 2.88. The number of anilines is 1. The molecule has 6 heteroatoms. The smallest absolute Gasteiger partial charge is 0.144 e. The van der Waals surface area contributed by atoms with Crippen LogP contribution in [-0.4, -0.2) is 21.5 Å². The van der Waals surface area contributed by atoms with Crippen LogP contribution in [0.1, 0.15) is 5.69 Å². The molecule has 0 spiro atoms. The number of rotatable bonds is 4. The Hall–Kier alpha value is -1.01. The molecule has 0 aliphatic carbocycles. The van der Waals surface area contributed by atoms with Crippen molar-refractivity contribution in [2.75, 3.05) is 11.9 Å². The van der Waals surface area contributed by atoms with Crippen LogP contribution in [0.25, 0.3) is 0 Å². The van der Waals surface area contributed by atoms with E-state index in [0.717, 1.165) is 29.1 Å². The average Bonchev–Trinajstić information content (AvgIpc) is 2.74. The molecule has 0 saturated carbocycles. The third-order valence-electron chi connectivity index (χ3n) is 1.79. The van der Waals surface area contributed by atoms with E-state index >= 15 is 0 Å². The van der Waals surface area contributed by atoms with Crippen molar-refractivity contribution in [1.82, 2.24) is 15.0 Å². The van der Waals surface area contributed by atoms with Gasteiger partial charge in [-0.15, -0.1) is 11.3 Å². The Labute approximate surface area is 99.9 Å². The van der Waals surface area contributed by atoms with Crippen LogP contribution in [0, 0.1) is 0 Å². The molecule has 0 unspecified atom stereocenters. The second kappa shape index (κ2) is 5.18. The monoisotopic (exact) mass is 284 g/mol. The van der Waals surface area contributed by atoms with Crippen LogP contribution in [0.15, 0.2) is 27.9 Å². The highest BCUT2D eigenvalue weighted by Gasteiger charge is 1.96. The first kappa shape index (κ1) is 10.5. The zero-order chi connectivity index (χ0) is 10.5. The first-order valence-electron chi connectivity index (χ1n) is 4.43. The van der Waals surface area contributed by atoms with Crippen LogP contribution in [0.3, 0.4) is 0 Å². The summed E-state index contributed by atoms with van der Waals surface area (Å²) in [4.78, 5) is 12.4. The van der Waals surface area contributed by atoms with Crippen LogP contribution in [0.2, 0.25) is 0 Å². The largest absolute Gasteiger partial charge is 0.368 e. The molecule has 0 aliphatic heterocycles. The number of nitrogens with zero attached hydrogens (tertiary/aromatic N) is 3. The van der Waals surface area contributed by atoms with Gasteiger partial charge in [-0.3, -0.25) is 0 Å². The first-order chi connectivity index (χ1) is 7.34. The number of aromatic nitrogens is 3. The lowest BCUT2D eigenvalue weighted by molar-refractivity contribution is 0.963. The average molecular weight is 285 g/mol. The van der Waals surface area contributed by atoms with Gasteiger partial charge in [-0.1, -0.05) is 0 Å². The minimum Gasteiger partial charge on any atom is -0.368 e. The van der Waals surface area contributed by atoms with Gasteiger partial charge in [0, 0.05) is 18.3 Å². The van der Waals surface area contributed by atoms with E-state index in [-0.39, 0.29) is 0 Å². The van der Waals surface area contributed by atoms with Crippen LogP contribution in [0.5, 0.6) is 0 Å². The van der Waals surface area contributed by atoms with Crippen molar-refractivity contribution in [2.24, 2.45) is 0 Å². The summed E-state index contributed by atoms with van der Waals surface area (Å²) in [5.41, 5.74) is 2.95. The van der Waals surface area contributed by atoms with Crippen molar-refractivity contribution in [1.29, 1.82) is 0 Å². The fraction of sp³-hybridized carbons (Fsp3) is 0.222. The van der Waals surface area contributed by atoms with Gasteiger partial charge in [-0.25, -0.2) is 15.0 Å². The third kappa shape index (κ3) is 3.24. The Morgan fingerprint density at radius 2 is 2.20 bits per heavy atom. The molecule has 2 rings (SSSR count). The number of hydrogen-bond donors (Lipinski definition) is 1. The number of halogens is 1. The van der Waals surface area contributed by atoms with Gasteiger partial charge >= 0.3 is 0 Å². The molecule has 2 heterocycles. The molecule has 0 saturated heterocycles. The molecule has 0 radical (unpaired) electrons. The molecule has 78 valence electrons. The topological polar surface area (TPSA) is 50.7 Å². The Morgan fingerprint density at radius 1 is 1.27 bits per heavy atom. The second-order valence-corrected chi connectivity index (χ2v) is 4.41. The highest BCUT2D eigenvalue weighted by Crippen LogP contribution is 2.06. The quantitative estimate of drug-likeness (QED) is 0.937. The number of hydrogen-bond acceptors (Lipinski definition) is 5. The van der Waals surface area contributed by atoms with Gasteiger partial charge in [0.1, 0.15) is 10.4 Å². The minimum absolute atomic E-state index is 0.743. The van der Waals surface area contributed by atoms with Gasteiger partial charge in [-0.2, -0.15) is 0 Å². The van der Waals surface area contributed by atoms with E-state index in [0.29, 0.717) is 0 Å². The van der Waals surface area contributed by atoms with Crippen LogP contribution in [0.4, 0.5) is 5.82 Å². The van der Waals surface area contributed by atoms with Gasteiger partial charge in [0.15, 0.2) is 0 Å². The molecule has 1 N–H and O–H groups in total. The lowest BCUT2D eigenvalue weighted by Crippen LogP contribution is -2.06. The van der Waals surface area contributed by atoms with E-state index in [9.17, 15) is 0 Å². The Kier molecular flexibility index (Phi) is 3.63. The first-order valence-corrected chi connectivity index (χ1v) is 6.16. The van der Waals surface area contributed by atoms with E-state index in [2.05, 4.69) is 41.6 Å². The number of thiazole rings is 1. The normalized spacial score (nSPS) is 10.2. The third-order valence-corrected chi connectivity index (χ3v) is 2.84. The fourth-order valence-electron chi connectivity index (χ4n) is 1.08. The zero-order valence-corrected chi connectivity index (χ0v) is 10.3. The van der Waals surface area contributed by atoms with Crippen molar-refractivity contribution >= 4 is 33.1 Å². The molecule has 0 aliphatic rings. The fourth-order valence-corrected chi connectivity index (χ4v) is 1.88. The van der Waals surface area contributed by atoms with E-state index < -0.39 is 0 Å². The summed E-state index contributed by atoms with van der Waals surface area (Å²) in [6.45, 7) is 0.819. The predicted octanol–water partition coefficient (Wildman–Crippen LogP) is 2.35. The van der Waals surface area contributed by atoms with Crippen molar-refractivity contribution in [2.45, 2.75) is 6.42 Å². The maximum Gasteiger partial charge on any atom is 0.144 e. The predicted molar refractivity (Wildman–Crippen MR) is 64.0 cm³/mol. The summed E-state index contributed by atoms with van der Waals surface area (Å²) >= 11 is 4.85. The van der Waals surface area contributed by atoms with Gasteiger partial charge in [0.2, 0.25) is 0 Å². The van der Waals surface area contributed by atoms with Crippen molar-refractivity contribution in [3.05, 3.63) is 33.6 Å².